The van der Waals surface area contributed by atoms with E-state index in [1.54, 1.807) is 20.8 Å². The molecule has 0 saturated heterocycles. The van der Waals surface area contributed by atoms with Crippen LogP contribution in [0.5, 0.6) is 0 Å². The van der Waals surface area contributed by atoms with E-state index < -0.39 is 27.7 Å². The Balaban J connectivity index is 2.96. The number of nitrogens with zero attached hydrogens (tertiary/aromatic N) is 1. The van der Waals surface area contributed by atoms with Crippen molar-refractivity contribution in [1.82, 2.24) is 0 Å². The van der Waals surface area contributed by atoms with E-state index in [-0.39, 0.29) is 10.6 Å². The van der Waals surface area contributed by atoms with Crippen LogP contribution >= 0.6 is 11.6 Å². The summed E-state index contributed by atoms with van der Waals surface area (Å²) in [5, 5.41) is -0.295. The van der Waals surface area contributed by atoms with Crippen LogP contribution in [0.3, 0.4) is 0 Å². The molecule has 0 heterocycles. The molecule has 0 N–H and O–H groups in total. The van der Waals surface area contributed by atoms with Crippen molar-refractivity contribution in [1.29, 1.82) is 0 Å². The summed E-state index contributed by atoms with van der Waals surface area (Å²) in [5.41, 5.74) is -0.0792. The molecule has 0 aliphatic heterocycles. The Morgan fingerprint density at radius 2 is 1.88 bits per heavy atom. The Morgan fingerprint density at radius 3 is 2.41 bits per heavy atom. The second kappa shape index (κ2) is 5.33. The Labute approximate surface area is 107 Å². The molecule has 2 nitrogen and oxygen atoms in total. The first kappa shape index (κ1) is 14.4. The molecule has 1 aromatic carbocycles. The van der Waals surface area contributed by atoms with Crippen LogP contribution in [0.4, 0.5) is 8.78 Å². The van der Waals surface area contributed by atoms with E-state index in [9.17, 15) is 13.3 Å². The lowest BCUT2D eigenvalue weighted by atomic mass is 10.2. The van der Waals surface area contributed by atoms with E-state index in [1.807, 2.05) is 0 Å². The largest absolute Gasteiger partial charge is 0.591 e. The van der Waals surface area contributed by atoms with Crippen LogP contribution in [0.15, 0.2) is 16.5 Å². The first-order chi connectivity index (χ1) is 7.71. The van der Waals surface area contributed by atoms with Gasteiger partial charge in [-0.3, -0.25) is 0 Å². The average Bonchev–Trinajstić information content (AvgIpc) is 2.19. The van der Waals surface area contributed by atoms with E-state index in [0.717, 1.165) is 18.3 Å². The van der Waals surface area contributed by atoms with Gasteiger partial charge in [0.15, 0.2) is 0 Å². The maximum atomic E-state index is 13.3. The van der Waals surface area contributed by atoms with E-state index >= 15 is 0 Å². The molecule has 0 fully saturated rings. The van der Waals surface area contributed by atoms with Gasteiger partial charge in [0.2, 0.25) is 0 Å². The summed E-state index contributed by atoms with van der Waals surface area (Å²) in [7, 11) is 0. The zero-order valence-electron chi connectivity index (χ0n) is 9.63. The topological polar surface area (TPSA) is 35.4 Å². The molecule has 94 valence electrons. The highest BCUT2D eigenvalue weighted by atomic mass is 35.5. The lowest BCUT2D eigenvalue weighted by Gasteiger charge is -2.17. The third kappa shape index (κ3) is 3.94. The van der Waals surface area contributed by atoms with Crippen LogP contribution in [0.1, 0.15) is 26.3 Å². The van der Waals surface area contributed by atoms with Crippen LogP contribution in [0.2, 0.25) is 5.02 Å². The second-order valence-electron chi connectivity index (χ2n) is 4.38. The maximum absolute atomic E-state index is 13.3. The lowest BCUT2D eigenvalue weighted by molar-refractivity contribution is 0.561. The molecule has 1 rings (SSSR count). The highest BCUT2D eigenvalue weighted by Crippen LogP contribution is 2.20. The van der Waals surface area contributed by atoms with Gasteiger partial charge in [-0.25, -0.2) is 8.78 Å². The molecule has 6 heteroatoms. The van der Waals surface area contributed by atoms with Gasteiger partial charge in [-0.1, -0.05) is 16.0 Å². The smallest absolute Gasteiger partial charge is 0.144 e. The molecule has 0 aromatic heterocycles. The summed E-state index contributed by atoms with van der Waals surface area (Å²) in [6, 6.07) is 1.78. The van der Waals surface area contributed by atoms with Gasteiger partial charge in [0.05, 0.1) is 11.2 Å². The van der Waals surface area contributed by atoms with E-state index in [0.29, 0.717) is 0 Å². The van der Waals surface area contributed by atoms with Crippen molar-refractivity contribution in [2.45, 2.75) is 25.5 Å². The summed E-state index contributed by atoms with van der Waals surface area (Å²) in [4.78, 5) is 0. The zero-order valence-corrected chi connectivity index (χ0v) is 11.2. The Kier molecular flexibility index (Phi) is 4.52. The minimum atomic E-state index is -1.51. The van der Waals surface area contributed by atoms with Gasteiger partial charge in [-0.2, -0.15) is 0 Å². The average molecular weight is 280 g/mol. The monoisotopic (exact) mass is 279 g/mol. The van der Waals surface area contributed by atoms with Crippen LogP contribution in [0.25, 0.3) is 0 Å². The van der Waals surface area contributed by atoms with Crippen molar-refractivity contribution >= 4 is 29.2 Å². The lowest BCUT2D eigenvalue weighted by Crippen LogP contribution is -2.25. The third-order valence-electron chi connectivity index (χ3n) is 1.85. The van der Waals surface area contributed by atoms with E-state index in [2.05, 4.69) is 4.40 Å². The molecule has 17 heavy (non-hydrogen) atoms. The van der Waals surface area contributed by atoms with Crippen molar-refractivity contribution in [2.24, 2.45) is 4.40 Å². The van der Waals surface area contributed by atoms with Crippen LogP contribution in [0, 0.1) is 11.6 Å². The molecular formula is C11H12ClF2NOS. The zero-order chi connectivity index (χ0) is 13.2. The van der Waals surface area contributed by atoms with Gasteiger partial charge in [-0.15, -0.1) is 0 Å². The number of rotatable bonds is 2. The van der Waals surface area contributed by atoms with Crippen molar-refractivity contribution in [3.63, 3.8) is 0 Å². The number of hydrogen-bond acceptors (Lipinski definition) is 2. The highest BCUT2D eigenvalue weighted by Gasteiger charge is 2.26. The number of halogens is 3. The van der Waals surface area contributed by atoms with Crippen molar-refractivity contribution in [3.8, 4) is 0 Å². The summed E-state index contributed by atoms with van der Waals surface area (Å²) in [6.07, 6.45) is 1.05. The molecule has 0 amide bonds. The quantitative estimate of drug-likeness (QED) is 0.464. The molecule has 0 aliphatic carbocycles. The van der Waals surface area contributed by atoms with Gasteiger partial charge in [0, 0.05) is 5.56 Å². The first-order valence-corrected chi connectivity index (χ1v) is 6.31. The summed E-state index contributed by atoms with van der Waals surface area (Å²) >= 11 is 3.89. The molecule has 0 saturated carbocycles. The van der Waals surface area contributed by atoms with Crippen molar-refractivity contribution in [3.05, 3.63) is 34.4 Å². The predicted molar refractivity (Wildman–Crippen MR) is 66.9 cm³/mol. The van der Waals surface area contributed by atoms with E-state index in [1.165, 1.54) is 0 Å². The first-order valence-electron chi connectivity index (χ1n) is 4.82. The number of hydrogen-bond donors (Lipinski definition) is 0. The maximum Gasteiger partial charge on any atom is 0.144 e. The SMILES string of the molecule is CC(C)(C)[S@@+]([O-])N=Cc1cc(F)c(Cl)cc1F. The van der Waals surface area contributed by atoms with Crippen LogP contribution < -0.4 is 0 Å². The Morgan fingerprint density at radius 1 is 1.29 bits per heavy atom. The standard InChI is InChI=1S/C11H12ClF2NOS/c1-11(2,3)17(16)15-6-7-4-10(14)8(12)5-9(7)13/h4-6H,1-3H3/t17-/m1/s1. The molecule has 0 radical (unpaired) electrons. The summed E-state index contributed by atoms with van der Waals surface area (Å²) < 4.78 is 41.1. The second-order valence-corrected chi connectivity index (χ2v) is 6.72. The molecule has 1 aromatic rings. The van der Waals surface area contributed by atoms with Crippen LogP contribution in [-0.4, -0.2) is 15.5 Å². The minimum absolute atomic E-state index is 0.0792. The van der Waals surface area contributed by atoms with Crippen molar-refractivity contribution < 1.29 is 13.3 Å². The number of benzene rings is 1. The Bertz CT molecular complexity index is 446. The van der Waals surface area contributed by atoms with E-state index in [4.69, 9.17) is 11.6 Å². The van der Waals surface area contributed by atoms with Gasteiger partial charge in [0.1, 0.15) is 27.7 Å². The highest BCUT2D eigenvalue weighted by molar-refractivity contribution is 7.91. The fraction of sp³-hybridized carbons (Fsp3) is 0.364. The van der Waals surface area contributed by atoms with Gasteiger partial charge < -0.3 is 4.55 Å². The van der Waals surface area contributed by atoms with Gasteiger partial charge in [0.25, 0.3) is 0 Å². The fourth-order valence-corrected chi connectivity index (χ4v) is 1.58. The molecule has 0 unspecified atom stereocenters. The van der Waals surface area contributed by atoms with Gasteiger partial charge >= 0.3 is 0 Å². The Hall–Kier alpha value is -0.650. The predicted octanol–water partition coefficient (Wildman–Crippen LogP) is 3.50. The molecule has 0 spiro atoms. The summed E-state index contributed by atoms with van der Waals surface area (Å²) in [6.45, 7) is 5.21. The molecule has 1 atom stereocenters. The molecule has 0 bridgehead atoms. The van der Waals surface area contributed by atoms with Crippen LogP contribution in [-0.2, 0) is 11.4 Å². The third-order valence-corrected chi connectivity index (χ3v) is 3.49. The van der Waals surface area contributed by atoms with Gasteiger partial charge in [-0.05, 0) is 32.9 Å². The molecular weight excluding hydrogens is 268 g/mol. The minimum Gasteiger partial charge on any atom is -0.591 e. The normalized spacial score (nSPS) is 14.3. The molecule has 0 aliphatic rings. The van der Waals surface area contributed by atoms with Crippen molar-refractivity contribution in [2.75, 3.05) is 0 Å². The fourth-order valence-electron chi connectivity index (χ4n) is 0.900. The summed E-state index contributed by atoms with van der Waals surface area (Å²) in [5.74, 6) is -1.44.